The number of hydrogen-bond acceptors (Lipinski definition) is 4. The summed E-state index contributed by atoms with van der Waals surface area (Å²) >= 11 is 3.55. The van der Waals surface area contributed by atoms with Gasteiger partial charge in [0.2, 0.25) is 5.91 Å². The van der Waals surface area contributed by atoms with E-state index in [1.165, 1.54) is 0 Å². The van der Waals surface area contributed by atoms with Crippen LogP contribution in [-0.2, 0) is 11.2 Å². The molecule has 1 amide bonds. The average molecular weight is 310 g/mol. The highest BCUT2D eigenvalue weighted by Crippen LogP contribution is 2.22. The van der Waals surface area contributed by atoms with E-state index in [2.05, 4.69) is 6.92 Å². The molecule has 5 heteroatoms. The molecule has 0 radical (unpaired) electrons. The zero-order valence-electron chi connectivity index (χ0n) is 11.9. The summed E-state index contributed by atoms with van der Waals surface area (Å²) in [5, 5.41) is 10.0. The van der Waals surface area contributed by atoms with Crippen LogP contribution in [0.5, 0.6) is 0 Å². The highest BCUT2D eigenvalue weighted by molar-refractivity contribution is 7.99. The van der Waals surface area contributed by atoms with Crippen molar-refractivity contribution in [1.29, 1.82) is 5.41 Å². The third-order valence-electron chi connectivity index (χ3n) is 3.49. The molecule has 1 fully saturated rings. The minimum atomic E-state index is 0.222. The molecule has 0 bridgehead atoms. The zero-order valence-corrected chi connectivity index (χ0v) is 13.6. The summed E-state index contributed by atoms with van der Waals surface area (Å²) in [6, 6.07) is 4.24. The summed E-state index contributed by atoms with van der Waals surface area (Å²) in [6.07, 6.45) is 3.13. The normalized spacial score (nSPS) is 19.1. The van der Waals surface area contributed by atoms with Crippen LogP contribution in [0.25, 0.3) is 0 Å². The maximum atomic E-state index is 12.5. The molecule has 0 saturated carbocycles. The third kappa shape index (κ3) is 4.35. The highest BCUT2D eigenvalue weighted by Gasteiger charge is 2.27. The number of thioether (sulfide) groups is 1. The van der Waals surface area contributed by atoms with Crippen molar-refractivity contribution in [1.82, 2.24) is 4.90 Å². The Morgan fingerprint density at radius 3 is 3.10 bits per heavy atom. The molecule has 1 N–H and O–H groups in total. The number of carbonyl (C=O) groups is 1. The summed E-state index contributed by atoms with van der Waals surface area (Å²) in [7, 11) is 0. The van der Waals surface area contributed by atoms with Gasteiger partial charge in [0.1, 0.15) is 0 Å². The second-order valence-corrected chi connectivity index (χ2v) is 7.31. The Kier molecular flexibility index (Phi) is 6.10. The van der Waals surface area contributed by atoms with Gasteiger partial charge < -0.3 is 10.3 Å². The van der Waals surface area contributed by atoms with Crippen molar-refractivity contribution in [3.05, 3.63) is 22.4 Å². The first-order chi connectivity index (χ1) is 9.70. The average Bonchev–Trinajstić information content (AvgIpc) is 2.92. The van der Waals surface area contributed by atoms with Gasteiger partial charge in [0.15, 0.2) is 0 Å². The van der Waals surface area contributed by atoms with Crippen molar-refractivity contribution >= 4 is 34.7 Å². The van der Waals surface area contributed by atoms with Crippen LogP contribution in [0, 0.1) is 5.41 Å². The molecular weight excluding hydrogens is 288 g/mol. The van der Waals surface area contributed by atoms with Gasteiger partial charge in [-0.25, -0.2) is 0 Å². The number of nitrogens with one attached hydrogen (secondary N) is 1. The Labute approximate surface area is 129 Å². The zero-order chi connectivity index (χ0) is 14.4. The molecule has 1 aromatic rings. The molecule has 2 heterocycles. The highest BCUT2D eigenvalue weighted by atomic mass is 32.2. The molecule has 3 nitrogen and oxygen atoms in total. The summed E-state index contributed by atoms with van der Waals surface area (Å²) in [5.41, 5.74) is 0.786. The lowest BCUT2D eigenvalue weighted by molar-refractivity contribution is -0.132. The third-order valence-corrected chi connectivity index (χ3v) is 5.46. The van der Waals surface area contributed by atoms with Gasteiger partial charge >= 0.3 is 0 Å². The van der Waals surface area contributed by atoms with Crippen molar-refractivity contribution in [2.24, 2.45) is 0 Å². The lowest BCUT2D eigenvalue weighted by Gasteiger charge is -2.35. The Morgan fingerprint density at radius 1 is 1.55 bits per heavy atom. The van der Waals surface area contributed by atoms with Crippen LogP contribution in [0.4, 0.5) is 0 Å². The number of carbonyl (C=O) groups excluding carboxylic acids is 1. The Balaban J connectivity index is 1.95. The minimum absolute atomic E-state index is 0.222. The van der Waals surface area contributed by atoms with E-state index in [0.717, 1.165) is 47.9 Å². The molecule has 1 aromatic heterocycles. The van der Waals surface area contributed by atoms with Gasteiger partial charge in [0.05, 0.1) is 6.42 Å². The van der Waals surface area contributed by atoms with Gasteiger partial charge in [-0.1, -0.05) is 19.4 Å². The van der Waals surface area contributed by atoms with E-state index in [9.17, 15) is 4.79 Å². The van der Waals surface area contributed by atoms with Crippen LogP contribution in [0.3, 0.4) is 0 Å². The van der Waals surface area contributed by atoms with Crippen molar-refractivity contribution in [2.45, 2.75) is 38.6 Å². The number of rotatable bonds is 6. The lowest BCUT2D eigenvalue weighted by Crippen LogP contribution is -2.47. The maximum Gasteiger partial charge on any atom is 0.228 e. The molecular formula is C15H22N2OS2. The van der Waals surface area contributed by atoms with E-state index in [4.69, 9.17) is 5.41 Å². The van der Waals surface area contributed by atoms with E-state index in [1.807, 2.05) is 34.2 Å². The molecule has 1 saturated heterocycles. The lowest BCUT2D eigenvalue weighted by atomic mass is 10.1. The maximum absolute atomic E-state index is 12.5. The van der Waals surface area contributed by atoms with Gasteiger partial charge in [-0.3, -0.25) is 4.79 Å². The predicted molar refractivity (Wildman–Crippen MR) is 88.1 cm³/mol. The first-order valence-electron chi connectivity index (χ1n) is 7.16. The summed E-state index contributed by atoms with van der Waals surface area (Å²) in [6.45, 7) is 2.93. The van der Waals surface area contributed by atoms with Crippen LogP contribution in [0.2, 0.25) is 0 Å². The van der Waals surface area contributed by atoms with Gasteiger partial charge in [-0.15, -0.1) is 11.3 Å². The Morgan fingerprint density at radius 2 is 2.40 bits per heavy atom. The predicted octanol–water partition coefficient (Wildman–Crippen LogP) is 3.44. The van der Waals surface area contributed by atoms with E-state index < -0.39 is 0 Å². The van der Waals surface area contributed by atoms with Crippen molar-refractivity contribution in [3.63, 3.8) is 0 Å². The molecule has 0 unspecified atom stereocenters. The van der Waals surface area contributed by atoms with Gasteiger partial charge in [-0.05, 0) is 17.9 Å². The molecule has 0 aliphatic carbocycles. The smallest absolute Gasteiger partial charge is 0.228 e. The molecule has 0 aromatic carbocycles. The summed E-state index contributed by atoms with van der Waals surface area (Å²) in [4.78, 5) is 15.6. The second kappa shape index (κ2) is 7.84. The van der Waals surface area contributed by atoms with Gasteiger partial charge in [0, 0.05) is 41.1 Å². The van der Waals surface area contributed by atoms with E-state index >= 15 is 0 Å². The Bertz CT molecular complexity index is 445. The van der Waals surface area contributed by atoms with E-state index in [1.54, 1.807) is 11.3 Å². The van der Waals surface area contributed by atoms with Crippen LogP contribution in [0.15, 0.2) is 17.5 Å². The topological polar surface area (TPSA) is 44.2 Å². The largest absolute Gasteiger partial charge is 0.337 e. The summed E-state index contributed by atoms with van der Waals surface area (Å²) < 4.78 is 0. The first-order valence-corrected chi connectivity index (χ1v) is 9.20. The van der Waals surface area contributed by atoms with Gasteiger partial charge in [-0.2, -0.15) is 11.8 Å². The van der Waals surface area contributed by atoms with Crippen LogP contribution < -0.4 is 0 Å². The molecule has 0 spiro atoms. The van der Waals surface area contributed by atoms with Crippen LogP contribution in [0.1, 0.15) is 31.1 Å². The van der Waals surface area contributed by atoms with Crippen LogP contribution >= 0.6 is 23.1 Å². The first kappa shape index (κ1) is 15.6. The van der Waals surface area contributed by atoms with Crippen LogP contribution in [-0.4, -0.2) is 40.6 Å². The number of thiophene rings is 1. The van der Waals surface area contributed by atoms with Crippen molar-refractivity contribution in [2.75, 3.05) is 18.1 Å². The second-order valence-electron chi connectivity index (χ2n) is 5.13. The minimum Gasteiger partial charge on any atom is -0.337 e. The molecule has 2 rings (SSSR count). The van der Waals surface area contributed by atoms with Crippen molar-refractivity contribution in [3.8, 4) is 0 Å². The molecule has 1 aliphatic heterocycles. The van der Waals surface area contributed by atoms with Gasteiger partial charge in [0.25, 0.3) is 0 Å². The fourth-order valence-corrected chi connectivity index (χ4v) is 4.26. The summed E-state index contributed by atoms with van der Waals surface area (Å²) in [5.74, 6) is 2.22. The molecule has 110 valence electrons. The Hall–Kier alpha value is -0.810. The van der Waals surface area contributed by atoms with E-state index in [0.29, 0.717) is 6.42 Å². The number of hydrogen-bond donors (Lipinski definition) is 1. The molecule has 20 heavy (non-hydrogen) atoms. The number of nitrogens with zero attached hydrogens (tertiary/aromatic N) is 1. The quantitative estimate of drug-likeness (QED) is 0.818. The standard InChI is InChI=1S/C15H22N2OS2/c1-2-4-12(16)9-13-11-19-8-6-17(13)15(18)10-14-5-3-7-20-14/h3,5,7,13,16H,2,4,6,8-11H2,1H3/t13-/m1/s1. The fraction of sp³-hybridized carbons (Fsp3) is 0.600. The van der Waals surface area contributed by atoms with Crippen molar-refractivity contribution < 1.29 is 4.79 Å². The number of amides is 1. The SMILES string of the molecule is CCCC(=N)C[C@@H]1CSCCN1C(=O)Cc1cccs1. The monoisotopic (exact) mass is 310 g/mol. The molecule has 1 atom stereocenters. The fourth-order valence-electron chi connectivity index (χ4n) is 2.50. The molecule has 1 aliphatic rings. The van der Waals surface area contributed by atoms with E-state index in [-0.39, 0.29) is 11.9 Å².